The summed E-state index contributed by atoms with van der Waals surface area (Å²) in [5, 5.41) is 9.50. The van der Waals surface area contributed by atoms with Crippen molar-refractivity contribution in [3.8, 4) is 0 Å². The molecule has 28 heavy (non-hydrogen) atoms. The number of fused-ring (bicyclic) bond motifs is 3. The predicted octanol–water partition coefficient (Wildman–Crippen LogP) is 6.82. The molecule has 136 valence electrons. The van der Waals surface area contributed by atoms with Gasteiger partial charge in [-0.15, -0.1) is 0 Å². The Balaban J connectivity index is 1.55. The fraction of sp³-hybridized carbons (Fsp3) is 0.0400. The summed E-state index contributed by atoms with van der Waals surface area (Å²) in [6.07, 6.45) is 0. The zero-order valence-electron chi connectivity index (χ0n) is 15.7. The van der Waals surface area contributed by atoms with Gasteiger partial charge in [-0.1, -0.05) is 48.5 Å². The van der Waals surface area contributed by atoms with E-state index in [1.807, 2.05) is 36.4 Å². The molecule has 0 saturated carbocycles. The van der Waals surface area contributed by atoms with Crippen molar-refractivity contribution in [2.24, 2.45) is 7.05 Å². The normalized spacial score (nSPS) is 11.0. The van der Waals surface area contributed by atoms with E-state index in [4.69, 9.17) is 0 Å². The van der Waals surface area contributed by atoms with Crippen molar-refractivity contribution in [3.63, 3.8) is 0 Å². The smallest absolute Gasteiger partial charge is 0.0509 e. The Morgan fingerprint density at radius 2 is 0.929 bits per heavy atom. The van der Waals surface area contributed by atoms with Crippen molar-refractivity contribution < 1.29 is 0 Å². The van der Waals surface area contributed by atoms with Crippen molar-refractivity contribution in [2.75, 3.05) is 10.6 Å². The Hall–Kier alpha value is -3.72. The molecule has 4 aromatic carbocycles. The second-order valence-electron chi connectivity index (χ2n) is 7.00. The third kappa shape index (κ3) is 2.97. The van der Waals surface area contributed by atoms with Crippen molar-refractivity contribution in [1.29, 1.82) is 0 Å². The van der Waals surface area contributed by atoms with Gasteiger partial charge in [0.25, 0.3) is 0 Å². The molecule has 0 aliphatic heterocycles. The maximum atomic E-state index is 3.49. The highest BCUT2D eigenvalue weighted by Gasteiger charge is 2.10. The van der Waals surface area contributed by atoms with Crippen LogP contribution in [0.1, 0.15) is 0 Å². The van der Waals surface area contributed by atoms with E-state index in [0.29, 0.717) is 0 Å². The SMILES string of the molecule is Cn1c2cc(Nc3ccccc3)ccc2c2ccc(Nc3ccccc3)cc21. The summed E-state index contributed by atoms with van der Waals surface area (Å²) < 4.78 is 2.26. The van der Waals surface area contributed by atoms with Crippen LogP contribution in [0.5, 0.6) is 0 Å². The summed E-state index contributed by atoms with van der Waals surface area (Å²) in [6.45, 7) is 0. The zero-order chi connectivity index (χ0) is 18.9. The first-order valence-electron chi connectivity index (χ1n) is 9.44. The molecule has 0 saturated heterocycles. The number of rotatable bonds is 4. The Labute approximate surface area is 164 Å². The monoisotopic (exact) mass is 363 g/mol. The van der Waals surface area contributed by atoms with Gasteiger partial charge in [-0.3, -0.25) is 0 Å². The Morgan fingerprint density at radius 1 is 0.500 bits per heavy atom. The summed E-state index contributed by atoms with van der Waals surface area (Å²) in [4.78, 5) is 0. The van der Waals surface area contributed by atoms with Crippen LogP contribution in [-0.2, 0) is 7.05 Å². The third-order valence-electron chi connectivity index (χ3n) is 5.13. The molecule has 0 aliphatic carbocycles. The molecule has 5 rings (SSSR count). The van der Waals surface area contributed by atoms with Crippen LogP contribution in [0.25, 0.3) is 21.8 Å². The molecule has 0 fully saturated rings. The number of nitrogens with zero attached hydrogens (tertiary/aromatic N) is 1. The molecule has 0 amide bonds. The largest absolute Gasteiger partial charge is 0.355 e. The van der Waals surface area contributed by atoms with Crippen LogP contribution in [0, 0.1) is 0 Å². The number of anilines is 4. The van der Waals surface area contributed by atoms with Crippen LogP contribution in [0.2, 0.25) is 0 Å². The number of para-hydroxylation sites is 2. The van der Waals surface area contributed by atoms with Gasteiger partial charge in [0.05, 0.1) is 11.0 Å². The Kier molecular flexibility index (Phi) is 3.99. The number of aryl methyl sites for hydroxylation is 1. The highest BCUT2D eigenvalue weighted by Crippen LogP contribution is 2.33. The molecular formula is C25H21N3. The van der Waals surface area contributed by atoms with Gasteiger partial charge in [-0.25, -0.2) is 0 Å². The molecule has 1 heterocycles. The van der Waals surface area contributed by atoms with E-state index in [-0.39, 0.29) is 0 Å². The molecule has 0 radical (unpaired) electrons. The van der Waals surface area contributed by atoms with Crippen molar-refractivity contribution in [3.05, 3.63) is 97.1 Å². The van der Waals surface area contributed by atoms with Crippen LogP contribution >= 0.6 is 0 Å². The Morgan fingerprint density at radius 3 is 1.36 bits per heavy atom. The quantitative estimate of drug-likeness (QED) is 0.367. The van der Waals surface area contributed by atoms with E-state index in [2.05, 4.69) is 82.9 Å². The van der Waals surface area contributed by atoms with E-state index in [1.54, 1.807) is 0 Å². The molecule has 0 atom stereocenters. The molecule has 1 aromatic heterocycles. The highest BCUT2D eigenvalue weighted by atomic mass is 15.0. The van der Waals surface area contributed by atoms with Crippen LogP contribution in [0.3, 0.4) is 0 Å². The molecule has 3 heteroatoms. The minimum absolute atomic E-state index is 1.09. The van der Waals surface area contributed by atoms with Gasteiger partial charge < -0.3 is 15.2 Å². The first-order chi connectivity index (χ1) is 13.8. The number of hydrogen-bond acceptors (Lipinski definition) is 2. The first-order valence-corrected chi connectivity index (χ1v) is 9.44. The average Bonchev–Trinajstić information content (AvgIpc) is 3.01. The molecule has 0 bridgehead atoms. The van der Waals surface area contributed by atoms with Crippen LogP contribution < -0.4 is 10.6 Å². The van der Waals surface area contributed by atoms with E-state index < -0.39 is 0 Å². The van der Waals surface area contributed by atoms with Gasteiger partial charge in [-0.05, 0) is 48.5 Å². The van der Waals surface area contributed by atoms with E-state index >= 15 is 0 Å². The van der Waals surface area contributed by atoms with E-state index in [1.165, 1.54) is 21.8 Å². The zero-order valence-corrected chi connectivity index (χ0v) is 15.7. The molecule has 0 aliphatic rings. The second kappa shape index (κ2) is 6.78. The van der Waals surface area contributed by atoms with Crippen molar-refractivity contribution in [1.82, 2.24) is 4.57 Å². The average molecular weight is 363 g/mol. The second-order valence-corrected chi connectivity index (χ2v) is 7.00. The maximum Gasteiger partial charge on any atom is 0.0509 e. The lowest BCUT2D eigenvalue weighted by Gasteiger charge is -2.07. The highest BCUT2D eigenvalue weighted by molar-refractivity contribution is 6.09. The van der Waals surface area contributed by atoms with Crippen LogP contribution in [-0.4, -0.2) is 4.57 Å². The topological polar surface area (TPSA) is 29.0 Å². The Bertz CT molecular complexity index is 1160. The summed E-state index contributed by atoms with van der Waals surface area (Å²) in [6, 6.07) is 33.6. The fourth-order valence-electron chi connectivity index (χ4n) is 3.74. The number of benzene rings is 4. The van der Waals surface area contributed by atoms with Gasteiger partial charge in [0.1, 0.15) is 0 Å². The lowest BCUT2D eigenvalue weighted by molar-refractivity contribution is 1.01. The molecule has 3 nitrogen and oxygen atoms in total. The maximum absolute atomic E-state index is 3.49. The number of nitrogens with one attached hydrogen (secondary N) is 2. The predicted molar refractivity (Wildman–Crippen MR) is 120 cm³/mol. The molecule has 0 unspecified atom stereocenters. The summed E-state index contributed by atoms with van der Waals surface area (Å²) in [7, 11) is 2.13. The summed E-state index contributed by atoms with van der Waals surface area (Å²) in [5.74, 6) is 0. The first kappa shape index (κ1) is 16.5. The molecule has 0 spiro atoms. The number of aromatic nitrogens is 1. The third-order valence-corrected chi connectivity index (χ3v) is 5.13. The van der Waals surface area contributed by atoms with Gasteiger partial charge in [0.2, 0.25) is 0 Å². The van der Waals surface area contributed by atoms with Crippen molar-refractivity contribution in [2.45, 2.75) is 0 Å². The van der Waals surface area contributed by atoms with Gasteiger partial charge >= 0.3 is 0 Å². The standard InChI is InChI=1S/C25H21N3/c1-28-24-16-20(26-18-8-4-2-5-9-18)12-14-22(24)23-15-13-21(17-25(23)28)27-19-10-6-3-7-11-19/h2-17,26-27H,1H3. The van der Waals surface area contributed by atoms with Gasteiger partial charge in [0.15, 0.2) is 0 Å². The molecule has 2 N–H and O–H groups in total. The number of hydrogen-bond donors (Lipinski definition) is 2. The molecule has 5 aromatic rings. The molecular weight excluding hydrogens is 342 g/mol. The van der Waals surface area contributed by atoms with Gasteiger partial charge in [-0.2, -0.15) is 0 Å². The lowest BCUT2D eigenvalue weighted by Crippen LogP contribution is -1.92. The van der Waals surface area contributed by atoms with E-state index in [0.717, 1.165) is 22.7 Å². The van der Waals surface area contributed by atoms with Crippen LogP contribution in [0.15, 0.2) is 97.1 Å². The summed E-state index contributed by atoms with van der Waals surface area (Å²) in [5.41, 5.74) is 6.80. The van der Waals surface area contributed by atoms with Crippen molar-refractivity contribution >= 4 is 44.6 Å². The van der Waals surface area contributed by atoms with Crippen LogP contribution in [0.4, 0.5) is 22.7 Å². The summed E-state index contributed by atoms with van der Waals surface area (Å²) >= 11 is 0. The van der Waals surface area contributed by atoms with Gasteiger partial charge in [0, 0.05) is 40.6 Å². The minimum Gasteiger partial charge on any atom is -0.355 e. The lowest BCUT2D eigenvalue weighted by atomic mass is 10.1. The van der Waals surface area contributed by atoms with E-state index in [9.17, 15) is 0 Å². The fourth-order valence-corrected chi connectivity index (χ4v) is 3.74. The minimum atomic E-state index is 1.09.